The molecule has 0 unspecified atom stereocenters. The number of hydrogen-bond acceptors (Lipinski definition) is 6. The first-order valence-corrected chi connectivity index (χ1v) is 14.6. The second-order valence-corrected chi connectivity index (χ2v) is 16.1. The molecule has 1 saturated heterocycles. The summed E-state index contributed by atoms with van der Waals surface area (Å²) in [6.45, 7) is 19.9. The molecule has 1 heterocycles. The lowest BCUT2D eigenvalue weighted by Crippen LogP contribution is -2.44. The van der Waals surface area contributed by atoms with Crippen LogP contribution in [0, 0.1) is 0 Å². The van der Waals surface area contributed by atoms with Crippen molar-refractivity contribution in [3.8, 4) is 5.75 Å². The predicted octanol–water partition coefficient (Wildman–Crippen LogP) is 4.76. The summed E-state index contributed by atoms with van der Waals surface area (Å²) in [5.74, 6) is 0.312. The molecule has 7 heteroatoms. The fourth-order valence-corrected chi connectivity index (χ4v) is 4.99. The Bertz CT molecular complexity index is 755. The summed E-state index contributed by atoms with van der Waals surface area (Å²) in [6.07, 6.45) is 1.40. The summed E-state index contributed by atoms with van der Waals surface area (Å²) in [7, 11) is 0.235. The van der Waals surface area contributed by atoms with Gasteiger partial charge in [0.25, 0.3) is 0 Å². The van der Waals surface area contributed by atoms with Crippen LogP contribution in [-0.2, 0) is 14.0 Å². The number of carbonyl (C=O) groups excluding carboxylic acids is 1. The number of rotatable bonds is 9. The number of benzene rings is 1. The van der Waals surface area contributed by atoms with Crippen molar-refractivity contribution < 1.29 is 18.7 Å². The van der Waals surface area contributed by atoms with Gasteiger partial charge in [-0.3, -0.25) is 4.90 Å². The van der Waals surface area contributed by atoms with Crippen LogP contribution < -0.4 is 10.1 Å². The van der Waals surface area contributed by atoms with E-state index in [9.17, 15) is 4.79 Å². The maximum Gasteiger partial charge on any atom is 0.344 e. The van der Waals surface area contributed by atoms with Gasteiger partial charge in [-0.2, -0.15) is 0 Å². The predicted molar refractivity (Wildman–Crippen MR) is 133 cm³/mol. The molecule has 182 valence electrons. The molecule has 0 aromatic heterocycles. The Hall–Kier alpha value is -1.41. The summed E-state index contributed by atoms with van der Waals surface area (Å²) in [5.41, 5.74) is 0.629. The van der Waals surface area contributed by atoms with Crippen LogP contribution in [0.4, 0.5) is 0 Å². The van der Waals surface area contributed by atoms with E-state index in [4.69, 9.17) is 13.9 Å². The zero-order valence-electron chi connectivity index (χ0n) is 21.6. The summed E-state index contributed by atoms with van der Waals surface area (Å²) < 4.78 is 17.6. The summed E-state index contributed by atoms with van der Waals surface area (Å²) in [4.78, 5) is 14.4. The number of hydrogen-bond donors (Lipinski definition) is 1. The van der Waals surface area contributed by atoms with Crippen LogP contribution in [0.5, 0.6) is 5.75 Å². The van der Waals surface area contributed by atoms with Gasteiger partial charge in [0, 0.05) is 25.7 Å². The second kappa shape index (κ2) is 10.7. The molecule has 32 heavy (non-hydrogen) atoms. The number of likely N-dealkylation sites (tertiary alicyclic amines) is 1. The molecule has 0 spiro atoms. The Morgan fingerprint density at radius 3 is 2.50 bits per heavy atom. The lowest BCUT2D eigenvalue weighted by Gasteiger charge is -2.38. The highest BCUT2D eigenvalue weighted by Crippen LogP contribution is 2.38. The smallest absolute Gasteiger partial charge is 0.344 e. The van der Waals surface area contributed by atoms with Gasteiger partial charge in [-0.05, 0) is 70.1 Å². The van der Waals surface area contributed by atoms with Crippen molar-refractivity contribution in [1.82, 2.24) is 10.2 Å². The Balaban J connectivity index is 1.93. The van der Waals surface area contributed by atoms with E-state index in [0.717, 1.165) is 31.6 Å². The minimum absolute atomic E-state index is 0.0937. The number of likely N-dealkylation sites (N-methyl/N-ethyl adjacent to an activating group) is 1. The zero-order valence-corrected chi connectivity index (χ0v) is 22.6. The minimum Gasteiger partial charge on any atom is -0.482 e. The molecule has 1 aliphatic heterocycles. The molecule has 0 bridgehead atoms. The molecule has 6 nitrogen and oxygen atoms in total. The van der Waals surface area contributed by atoms with E-state index in [1.165, 1.54) is 0 Å². The van der Waals surface area contributed by atoms with Gasteiger partial charge in [0.2, 0.25) is 0 Å². The van der Waals surface area contributed by atoms with Crippen LogP contribution in [0.2, 0.25) is 18.1 Å². The lowest BCUT2D eigenvalue weighted by atomic mass is 10.1. The van der Waals surface area contributed by atoms with E-state index in [1.54, 1.807) is 0 Å². The third-order valence-corrected chi connectivity index (χ3v) is 10.9. The fourth-order valence-electron chi connectivity index (χ4n) is 3.61. The molecule has 2 rings (SSSR count). The van der Waals surface area contributed by atoms with Crippen molar-refractivity contribution in [1.29, 1.82) is 0 Å². The number of esters is 1. The molecular weight excluding hydrogens is 420 g/mol. The first-order valence-electron chi connectivity index (χ1n) is 11.7. The standard InChI is InChI=1S/C25H44N2O4Si/c1-24(2,3)30-23(28)18-29-20-12-10-11-19(15-20)22(26-7)17-27-14-13-21(16-27)31-32(8,9)25(4,5)6/h10-12,15,21-22,26H,13-14,16-18H2,1-9H3/t21-,22+/m0/s1. The molecule has 0 amide bonds. The number of carbonyl (C=O) groups is 1. The van der Waals surface area contributed by atoms with Gasteiger partial charge in [0.15, 0.2) is 14.9 Å². The molecule has 1 aromatic carbocycles. The first-order chi connectivity index (χ1) is 14.7. The topological polar surface area (TPSA) is 60.0 Å². The normalized spacial score (nSPS) is 19.1. The molecule has 1 aliphatic rings. The number of nitrogens with zero attached hydrogens (tertiary/aromatic N) is 1. The monoisotopic (exact) mass is 464 g/mol. The molecule has 0 saturated carbocycles. The summed E-state index contributed by atoms with van der Waals surface area (Å²) >= 11 is 0. The van der Waals surface area contributed by atoms with Crippen molar-refractivity contribution in [2.75, 3.05) is 33.3 Å². The van der Waals surface area contributed by atoms with Crippen LogP contribution in [-0.4, -0.2) is 64.2 Å². The fraction of sp³-hybridized carbons (Fsp3) is 0.720. The van der Waals surface area contributed by atoms with Crippen molar-refractivity contribution in [2.45, 2.75) is 83.8 Å². The maximum absolute atomic E-state index is 12.0. The van der Waals surface area contributed by atoms with Crippen LogP contribution in [0.15, 0.2) is 24.3 Å². The highest BCUT2D eigenvalue weighted by molar-refractivity contribution is 6.74. The molecule has 1 aromatic rings. The average molecular weight is 465 g/mol. The van der Waals surface area contributed by atoms with Crippen LogP contribution >= 0.6 is 0 Å². The molecule has 1 N–H and O–H groups in total. The third kappa shape index (κ3) is 8.18. The van der Waals surface area contributed by atoms with Crippen LogP contribution in [0.25, 0.3) is 0 Å². The number of ether oxygens (including phenoxy) is 2. The SMILES string of the molecule is CN[C@H](CN1CC[C@H](O[Si](C)(C)C(C)(C)C)C1)c1cccc(OCC(=O)OC(C)(C)C)c1. The van der Waals surface area contributed by atoms with E-state index in [-0.39, 0.29) is 23.7 Å². The molecule has 0 radical (unpaired) electrons. The maximum atomic E-state index is 12.0. The zero-order chi connectivity index (χ0) is 24.2. The van der Waals surface area contributed by atoms with Gasteiger partial charge in [-0.1, -0.05) is 32.9 Å². The molecular formula is C25H44N2O4Si. The van der Waals surface area contributed by atoms with E-state index in [1.807, 2.05) is 46.0 Å². The average Bonchev–Trinajstić information content (AvgIpc) is 3.08. The minimum atomic E-state index is -1.75. The van der Waals surface area contributed by atoms with E-state index >= 15 is 0 Å². The highest BCUT2D eigenvalue weighted by Gasteiger charge is 2.40. The third-order valence-electron chi connectivity index (χ3n) is 6.32. The van der Waals surface area contributed by atoms with Crippen molar-refractivity contribution in [3.63, 3.8) is 0 Å². The molecule has 0 aliphatic carbocycles. The van der Waals surface area contributed by atoms with Gasteiger partial charge < -0.3 is 19.2 Å². The Kier molecular flexibility index (Phi) is 8.95. The quantitative estimate of drug-likeness (QED) is 0.420. The highest BCUT2D eigenvalue weighted by atomic mass is 28.4. The van der Waals surface area contributed by atoms with Gasteiger partial charge in [0.05, 0.1) is 6.10 Å². The number of nitrogens with one attached hydrogen (secondary N) is 1. The largest absolute Gasteiger partial charge is 0.482 e. The van der Waals surface area contributed by atoms with Crippen molar-refractivity contribution in [3.05, 3.63) is 29.8 Å². The summed E-state index contributed by atoms with van der Waals surface area (Å²) in [5, 5.41) is 3.66. The summed E-state index contributed by atoms with van der Waals surface area (Å²) in [6, 6.07) is 8.12. The van der Waals surface area contributed by atoms with Crippen LogP contribution in [0.1, 0.15) is 59.6 Å². The van der Waals surface area contributed by atoms with Crippen LogP contribution in [0.3, 0.4) is 0 Å². The Labute approximate surface area is 196 Å². The van der Waals surface area contributed by atoms with E-state index in [2.05, 4.69) is 50.1 Å². The molecule has 1 fully saturated rings. The molecule has 2 atom stereocenters. The Morgan fingerprint density at radius 1 is 1.22 bits per heavy atom. The van der Waals surface area contributed by atoms with Gasteiger partial charge >= 0.3 is 5.97 Å². The van der Waals surface area contributed by atoms with Gasteiger partial charge in [-0.25, -0.2) is 4.79 Å². The first kappa shape index (κ1) is 26.8. The van der Waals surface area contributed by atoms with Gasteiger partial charge in [0.1, 0.15) is 11.4 Å². The van der Waals surface area contributed by atoms with E-state index < -0.39 is 13.9 Å². The second-order valence-electron chi connectivity index (χ2n) is 11.3. The Morgan fingerprint density at radius 2 is 1.91 bits per heavy atom. The van der Waals surface area contributed by atoms with Crippen molar-refractivity contribution in [2.24, 2.45) is 0 Å². The van der Waals surface area contributed by atoms with Gasteiger partial charge in [-0.15, -0.1) is 0 Å². The van der Waals surface area contributed by atoms with Crippen molar-refractivity contribution >= 4 is 14.3 Å². The van der Waals surface area contributed by atoms with E-state index in [0.29, 0.717) is 11.9 Å². The lowest BCUT2D eigenvalue weighted by molar-refractivity contribution is -0.157.